The Morgan fingerprint density at radius 2 is 1.58 bits per heavy atom. The van der Waals surface area contributed by atoms with Gasteiger partial charge in [-0.05, 0) is 43.2 Å². The summed E-state index contributed by atoms with van der Waals surface area (Å²) in [6.45, 7) is 4.81. The average molecular weight is 363 g/mol. The summed E-state index contributed by atoms with van der Waals surface area (Å²) in [5.74, 6) is -0.137. The number of morpholine rings is 1. The number of carbonyl (C=O) groups excluding carboxylic acids is 1. The van der Waals surface area contributed by atoms with E-state index < -0.39 is 11.7 Å². The van der Waals surface area contributed by atoms with Crippen LogP contribution in [0, 0.1) is 0 Å². The van der Waals surface area contributed by atoms with Crippen LogP contribution in [-0.2, 0) is 10.9 Å². The van der Waals surface area contributed by atoms with E-state index in [0.717, 1.165) is 12.1 Å². The molecule has 1 fully saturated rings. The standard InChI is InChI=1S/C20H20F3NO2/c1-13-11-24(12-14(2)26-13)19(25)18-6-4-3-5-17(18)15-7-9-16(10-8-15)20(21,22)23/h3-10,13-14H,11-12H2,1-2H3/t13-,14+. The highest BCUT2D eigenvalue weighted by Gasteiger charge is 2.31. The third kappa shape index (κ3) is 3.90. The molecule has 3 nitrogen and oxygen atoms in total. The minimum Gasteiger partial charge on any atom is -0.372 e. The van der Waals surface area contributed by atoms with Gasteiger partial charge in [0.05, 0.1) is 17.8 Å². The number of alkyl halides is 3. The Kier molecular flexibility index (Phi) is 5.05. The lowest BCUT2D eigenvalue weighted by Gasteiger charge is -2.35. The molecule has 1 aliphatic heterocycles. The highest BCUT2D eigenvalue weighted by atomic mass is 19.4. The van der Waals surface area contributed by atoms with Gasteiger partial charge in [0.15, 0.2) is 0 Å². The summed E-state index contributed by atoms with van der Waals surface area (Å²) in [6, 6.07) is 11.9. The van der Waals surface area contributed by atoms with Gasteiger partial charge in [-0.15, -0.1) is 0 Å². The van der Waals surface area contributed by atoms with Crippen molar-refractivity contribution in [3.8, 4) is 11.1 Å². The summed E-state index contributed by atoms with van der Waals surface area (Å²) in [6.07, 6.45) is -4.49. The molecule has 0 aliphatic carbocycles. The lowest BCUT2D eigenvalue weighted by Crippen LogP contribution is -2.48. The summed E-state index contributed by atoms with van der Waals surface area (Å²) in [7, 11) is 0. The van der Waals surface area contributed by atoms with Gasteiger partial charge in [0.25, 0.3) is 5.91 Å². The number of rotatable bonds is 2. The van der Waals surface area contributed by atoms with Gasteiger partial charge in [0, 0.05) is 18.7 Å². The van der Waals surface area contributed by atoms with Crippen molar-refractivity contribution >= 4 is 5.91 Å². The molecule has 3 rings (SSSR count). The Hall–Kier alpha value is -2.34. The van der Waals surface area contributed by atoms with Crippen molar-refractivity contribution < 1.29 is 22.7 Å². The minimum absolute atomic E-state index is 0.0547. The molecule has 0 unspecified atom stereocenters. The van der Waals surface area contributed by atoms with E-state index in [1.807, 2.05) is 13.8 Å². The number of hydrogen-bond acceptors (Lipinski definition) is 2. The van der Waals surface area contributed by atoms with Crippen LogP contribution in [0.2, 0.25) is 0 Å². The predicted octanol–water partition coefficient (Wildman–Crippen LogP) is 4.62. The molecule has 1 saturated heterocycles. The number of halogens is 3. The normalized spacial score (nSPS) is 20.9. The zero-order chi connectivity index (χ0) is 18.9. The van der Waals surface area contributed by atoms with Gasteiger partial charge in [0.1, 0.15) is 0 Å². The number of benzene rings is 2. The fourth-order valence-electron chi connectivity index (χ4n) is 3.27. The van der Waals surface area contributed by atoms with Crippen LogP contribution < -0.4 is 0 Å². The second-order valence-electron chi connectivity index (χ2n) is 6.59. The summed E-state index contributed by atoms with van der Waals surface area (Å²) < 4.78 is 44.0. The molecule has 1 aliphatic rings. The van der Waals surface area contributed by atoms with Gasteiger partial charge in [-0.25, -0.2) is 0 Å². The number of ether oxygens (including phenoxy) is 1. The molecule has 0 saturated carbocycles. The Morgan fingerprint density at radius 3 is 2.15 bits per heavy atom. The quantitative estimate of drug-likeness (QED) is 0.779. The van der Waals surface area contributed by atoms with E-state index in [4.69, 9.17) is 4.74 Å². The fourth-order valence-corrected chi connectivity index (χ4v) is 3.27. The summed E-state index contributed by atoms with van der Waals surface area (Å²) in [5.41, 5.74) is 0.976. The topological polar surface area (TPSA) is 29.5 Å². The van der Waals surface area contributed by atoms with Gasteiger partial charge in [-0.2, -0.15) is 13.2 Å². The average Bonchev–Trinajstić information content (AvgIpc) is 2.59. The van der Waals surface area contributed by atoms with E-state index in [2.05, 4.69) is 0 Å². The smallest absolute Gasteiger partial charge is 0.372 e. The molecule has 2 aromatic rings. The number of hydrogen-bond donors (Lipinski definition) is 0. The zero-order valence-electron chi connectivity index (χ0n) is 14.6. The molecule has 26 heavy (non-hydrogen) atoms. The van der Waals surface area contributed by atoms with Crippen LogP contribution in [0.1, 0.15) is 29.8 Å². The van der Waals surface area contributed by atoms with Crippen LogP contribution in [-0.4, -0.2) is 36.1 Å². The van der Waals surface area contributed by atoms with Gasteiger partial charge in [-0.3, -0.25) is 4.79 Å². The SMILES string of the molecule is C[C@@H]1CN(C(=O)c2ccccc2-c2ccc(C(F)(F)F)cc2)C[C@H](C)O1. The first-order valence-corrected chi connectivity index (χ1v) is 8.47. The van der Waals surface area contributed by atoms with Crippen molar-refractivity contribution in [2.75, 3.05) is 13.1 Å². The van der Waals surface area contributed by atoms with E-state index in [9.17, 15) is 18.0 Å². The third-order valence-electron chi connectivity index (χ3n) is 4.39. The number of nitrogens with zero attached hydrogens (tertiary/aromatic N) is 1. The Balaban J connectivity index is 1.92. The highest BCUT2D eigenvalue weighted by molar-refractivity contribution is 6.01. The predicted molar refractivity (Wildman–Crippen MR) is 92.8 cm³/mol. The van der Waals surface area contributed by atoms with Crippen molar-refractivity contribution in [1.82, 2.24) is 4.90 Å². The molecule has 6 heteroatoms. The van der Waals surface area contributed by atoms with Crippen molar-refractivity contribution in [3.63, 3.8) is 0 Å². The minimum atomic E-state index is -4.38. The maximum atomic E-state index is 13.0. The molecule has 1 heterocycles. The molecule has 1 amide bonds. The molecular weight excluding hydrogens is 343 g/mol. The van der Waals surface area contributed by atoms with Crippen LogP contribution in [0.3, 0.4) is 0 Å². The first kappa shape index (κ1) is 18.5. The highest BCUT2D eigenvalue weighted by Crippen LogP contribution is 2.32. The molecule has 0 bridgehead atoms. The Labute approximate surface area is 150 Å². The van der Waals surface area contributed by atoms with Crippen LogP contribution in [0.5, 0.6) is 0 Å². The first-order valence-electron chi connectivity index (χ1n) is 8.47. The Morgan fingerprint density at radius 1 is 1.00 bits per heavy atom. The van der Waals surface area contributed by atoms with E-state index >= 15 is 0 Å². The molecule has 0 radical (unpaired) electrons. The van der Waals surface area contributed by atoms with Gasteiger partial charge in [0.2, 0.25) is 0 Å². The monoisotopic (exact) mass is 363 g/mol. The van der Waals surface area contributed by atoms with Crippen molar-refractivity contribution in [2.45, 2.75) is 32.2 Å². The second kappa shape index (κ2) is 7.11. The molecule has 138 valence electrons. The summed E-state index contributed by atoms with van der Waals surface area (Å²) in [5, 5.41) is 0. The van der Waals surface area contributed by atoms with Crippen molar-refractivity contribution in [3.05, 3.63) is 59.7 Å². The molecule has 0 aromatic heterocycles. The first-order chi connectivity index (χ1) is 12.3. The van der Waals surface area contributed by atoms with E-state index in [-0.39, 0.29) is 18.1 Å². The molecular formula is C20H20F3NO2. The Bertz CT molecular complexity index is 776. The van der Waals surface area contributed by atoms with Crippen LogP contribution >= 0.6 is 0 Å². The zero-order valence-corrected chi connectivity index (χ0v) is 14.6. The van der Waals surface area contributed by atoms with E-state index in [1.54, 1.807) is 29.2 Å². The molecule has 0 spiro atoms. The lowest BCUT2D eigenvalue weighted by atomic mass is 9.97. The largest absolute Gasteiger partial charge is 0.416 e. The van der Waals surface area contributed by atoms with Gasteiger partial charge < -0.3 is 9.64 Å². The van der Waals surface area contributed by atoms with Crippen LogP contribution in [0.15, 0.2) is 48.5 Å². The van der Waals surface area contributed by atoms with Gasteiger partial charge in [-0.1, -0.05) is 30.3 Å². The number of amides is 1. The van der Waals surface area contributed by atoms with Gasteiger partial charge >= 0.3 is 6.18 Å². The van der Waals surface area contributed by atoms with Crippen molar-refractivity contribution in [2.24, 2.45) is 0 Å². The summed E-state index contributed by atoms with van der Waals surface area (Å²) >= 11 is 0. The molecule has 0 N–H and O–H groups in total. The van der Waals surface area contributed by atoms with E-state index in [1.165, 1.54) is 12.1 Å². The fraction of sp³-hybridized carbons (Fsp3) is 0.350. The molecule has 2 aromatic carbocycles. The lowest BCUT2D eigenvalue weighted by molar-refractivity contribution is -0.137. The number of carbonyl (C=O) groups is 1. The van der Waals surface area contributed by atoms with Crippen molar-refractivity contribution in [1.29, 1.82) is 0 Å². The summed E-state index contributed by atoms with van der Waals surface area (Å²) in [4.78, 5) is 14.7. The van der Waals surface area contributed by atoms with Crippen LogP contribution in [0.4, 0.5) is 13.2 Å². The van der Waals surface area contributed by atoms with E-state index in [0.29, 0.717) is 29.8 Å². The second-order valence-corrected chi connectivity index (χ2v) is 6.59. The maximum Gasteiger partial charge on any atom is 0.416 e. The maximum absolute atomic E-state index is 13.0. The third-order valence-corrected chi connectivity index (χ3v) is 4.39. The molecule has 2 atom stereocenters. The van der Waals surface area contributed by atoms with Crippen LogP contribution in [0.25, 0.3) is 11.1 Å².